The number of hydrogen-bond acceptors (Lipinski definition) is 6. The van der Waals surface area contributed by atoms with Crippen molar-refractivity contribution in [1.29, 1.82) is 0 Å². The molecule has 0 unspecified atom stereocenters. The van der Waals surface area contributed by atoms with Crippen LogP contribution in [0.3, 0.4) is 0 Å². The number of carboxylic acid groups (broad SMARTS) is 1. The number of pyridine rings is 2. The van der Waals surface area contributed by atoms with Crippen LogP contribution in [0.25, 0.3) is 11.3 Å². The van der Waals surface area contributed by atoms with Gasteiger partial charge in [0.15, 0.2) is 0 Å². The molecular formula is C22H17F2N3O6. The van der Waals surface area contributed by atoms with Crippen molar-refractivity contribution in [1.82, 2.24) is 14.9 Å². The molecule has 0 fully saturated rings. The molecule has 1 aliphatic heterocycles. The molecular weight excluding hydrogens is 440 g/mol. The fourth-order valence-corrected chi connectivity index (χ4v) is 3.55. The highest BCUT2D eigenvalue weighted by Crippen LogP contribution is 2.30. The first-order chi connectivity index (χ1) is 15.8. The number of aliphatic carboxylic acids is 1. The van der Waals surface area contributed by atoms with Crippen molar-refractivity contribution in [2.45, 2.75) is 19.8 Å². The zero-order chi connectivity index (χ0) is 23.7. The van der Waals surface area contributed by atoms with Gasteiger partial charge in [-0.05, 0) is 29.8 Å². The third-order valence-corrected chi connectivity index (χ3v) is 5.14. The number of nitrogens with zero attached hydrogens (tertiary/aromatic N) is 2. The number of ether oxygens (including phenoxy) is 1. The zero-order valence-electron chi connectivity index (χ0n) is 17.0. The summed E-state index contributed by atoms with van der Waals surface area (Å²) in [6, 6.07) is 6.05. The highest BCUT2D eigenvalue weighted by molar-refractivity contribution is 5.98. The Bertz CT molecular complexity index is 1320. The topological polar surface area (TPSA) is 131 Å². The Labute approximate surface area is 184 Å². The number of fused-ring (bicyclic) bond motifs is 1. The van der Waals surface area contributed by atoms with Gasteiger partial charge in [-0.1, -0.05) is 6.07 Å². The molecule has 0 aliphatic carbocycles. The molecule has 0 bridgehead atoms. The maximum absolute atomic E-state index is 14.0. The van der Waals surface area contributed by atoms with Crippen molar-refractivity contribution in [2.75, 3.05) is 6.54 Å². The van der Waals surface area contributed by atoms with Crippen LogP contribution < -0.4 is 10.9 Å². The summed E-state index contributed by atoms with van der Waals surface area (Å²) in [5, 5.41) is 21.3. The summed E-state index contributed by atoms with van der Waals surface area (Å²) in [6.45, 7) is -0.790. The maximum Gasteiger partial charge on any atom is 0.322 e. The van der Waals surface area contributed by atoms with Gasteiger partial charge in [-0.15, -0.1) is 0 Å². The number of rotatable bonds is 6. The third-order valence-electron chi connectivity index (χ3n) is 5.14. The van der Waals surface area contributed by atoms with Crippen molar-refractivity contribution in [3.05, 3.63) is 80.9 Å². The number of amides is 1. The van der Waals surface area contributed by atoms with Gasteiger partial charge in [0, 0.05) is 17.3 Å². The average Bonchev–Trinajstić information content (AvgIpc) is 3.28. The number of carboxylic acids is 1. The molecule has 170 valence electrons. The van der Waals surface area contributed by atoms with Crippen molar-refractivity contribution in [3.63, 3.8) is 0 Å². The van der Waals surface area contributed by atoms with Crippen LogP contribution in [0, 0.1) is 11.6 Å². The first-order valence-electron chi connectivity index (χ1n) is 9.72. The van der Waals surface area contributed by atoms with E-state index in [2.05, 4.69) is 10.3 Å². The number of benzene rings is 1. The predicted octanol–water partition coefficient (Wildman–Crippen LogP) is 1.79. The van der Waals surface area contributed by atoms with Crippen LogP contribution in [0.5, 0.6) is 5.75 Å². The zero-order valence-corrected chi connectivity index (χ0v) is 17.0. The molecule has 3 aromatic rings. The number of carbonyl (C=O) groups is 2. The Morgan fingerprint density at radius 3 is 2.67 bits per heavy atom. The largest absolute Gasteiger partial charge is 0.506 e. The van der Waals surface area contributed by atoms with Crippen LogP contribution in [0.2, 0.25) is 0 Å². The van der Waals surface area contributed by atoms with Crippen LogP contribution in [0.1, 0.15) is 27.2 Å². The molecule has 0 saturated heterocycles. The minimum Gasteiger partial charge on any atom is -0.506 e. The van der Waals surface area contributed by atoms with Gasteiger partial charge in [-0.3, -0.25) is 19.4 Å². The second kappa shape index (κ2) is 8.79. The average molecular weight is 457 g/mol. The molecule has 2 aromatic heterocycles. The molecule has 9 nitrogen and oxygen atoms in total. The quantitative estimate of drug-likeness (QED) is 0.514. The van der Waals surface area contributed by atoms with Gasteiger partial charge in [-0.25, -0.2) is 8.78 Å². The molecule has 1 aromatic carbocycles. The molecule has 0 spiro atoms. The number of aromatic nitrogens is 2. The fraction of sp³-hybridized carbons (Fsp3) is 0.182. The monoisotopic (exact) mass is 457 g/mol. The van der Waals surface area contributed by atoms with Gasteiger partial charge in [0.1, 0.15) is 29.5 Å². The Kier molecular flexibility index (Phi) is 5.88. The summed E-state index contributed by atoms with van der Waals surface area (Å²) in [4.78, 5) is 40.3. The number of carbonyl (C=O) groups excluding carboxylic acids is 1. The normalized spacial score (nSPS) is 12.4. The van der Waals surface area contributed by atoms with E-state index >= 15 is 0 Å². The third kappa shape index (κ3) is 4.30. The lowest BCUT2D eigenvalue weighted by Crippen LogP contribution is -2.37. The lowest BCUT2D eigenvalue weighted by atomic mass is 10.1. The highest BCUT2D eigenvalue weighted by Gasteiger charge is 2.29. The Morgan fingerprint density at radius 1 is 1.18 bits per heavy atom. The first-order valence-corrected chi connectivity index (χ1v) is 9.72. The minimum absolute atomic E-state index is 0.0185. The Hall–Kier alpha value is -4.12. The molecule has 0 saturated carbocycles. The molecule has 3 heterocycles. The van der Waals surface area contributed by atoms with Crippen LogP contribution >= 0.6 is 0 Å². The molecule has 4 rings (SSSR count). The lowest BCUT2D eigenvalue weighted by molar-refractivity contribution is -0.135. The first kappa shape index (κ1) is 22.1. The lowest BCUT2D eigenvalue weighted by Gasteiger charge is -2.15. The number of hydrogen-bond donors (Lipinski definition) is 3. The van der Waals surface area contributed by atoms with Crippen LogP contribution in [0.15, 0.2) is 41.3 Å². The van der Waals surface area contributed by atoms with Crippen molar-refractivity contribution in [2.24, 2.45) is 0 Å². The molecule has 3 N–H and O–H groups in total. The Balaban J connectivity index is 1.70. The number of halogens is 2. The summed E-state index contributed by atoms with van der Waals surface area (Å²) in [5.74, 6) is -4.15. The van der Waals surface area contributed by atoms with Crippen molar-refractivity contribution < 1.29 is 33.3 Å². The fourth-order valence-electron chi connectivity index (χ4n) is 3.55. The molecule has 11 heteroatoms. The second-order valence-electron chi connectivity index (χ2n) is 7.29. The summed E-state index contributed by atoms with van der Waals surface area (Å²) in [5.41, 5.74) is -0.124. The summed E-state index contributed by atoms with van der Waals surface area (Å²) in [7, 11) is 0. The molecule has 33 heavy (non-hydrogen) atoms. The van der Waals surface area contributed by atoms with Gasteiger partial charge >= 0.3 is 5.97 Å². The SMILES string of the molecule is O=C(O)CNC(=O)c1c(O)c2c(n(Cc3ccc(-c4cc(F)ccc4F)nc3)c1=O)COC2. The van der Waals surface area contributed by atoms with Gasteiger partial charge in [0.25, 0.3) is 11.5 Å². The van der Waals surface area contributed by atoms with Crippen LogP contribution in [-0.4, -0.2) is 38.2 Å². The van der Waals surface area contributed by atoms with Gasteiger partial charge in [0.2, 0.25) is 0 Å². The summed E-state index contributed by atoms with van der Waals surface area (Å²) < 4.78 is 34.0. The van der Waals surface area contributed by atoms with E-state index in [1.54, 1.807) is 6.07 Å². The molecule has 1 amide bonds. The number of nitrogens with one attached hydrogen (secondary N) is 1. The van der Waals surface area contributed by atoms with Crippen molar-refractivity contribution >= 4 is 11.9 Å². The second-order valence-corrected chi connectivity index (χ2v) is 7.29. The van der Waals surface area contributed by atoms with E-state index in [9.17, 15) is 28.3 Å². The van der Waals surface area contributed by atoms with Crippen LogP contribution in [-0.2, 0) is 29.3 Å². The van der Waals surface area contributed by atoms with E-state index in [0.29, 0.717) is 11.3 Å². The van der Waals surface area contributed by atoms with E-state index < -0.39 is 46.9 Å². The predicted molar refractivity (Wildman–Crippen MR) is 110 cm³/mol. The van der Waals surface area contributed by atoms with E-state index in [1.807, 2.05) is 0 Å². The van der Waals surface area contributed by atoms with Crippen molar-refractivity contribution in [3.8, 4) is 17.0 Å². The van der Waals surface area contributed by atoms with E-state index in [0.717, 1.165) is 18.2 Å². The van der Waals surface area contributed by atoms with E-state index in [-0.39, 0.29) is 36.6 Å². The molecule has 0 atom stereocenters. The van der Waals surface area contributed by atoms with Gasteiger partial charge in [0.05, 0.1) is 31.1 Å². The smallest absolute Gasteiger partial charge is 0.322 e. The highest BCUT2D eigenvalue weighted by atomic mass is 19.1. The summed E-state index contributed by atoms with van der Waals surface area (Å²) in [6.07, 6.45) is 1.38. The molecule has 1 aliphatic rings. The standard InChI is InChI=1S/C22H17F2N3O6/c23-12-2-3-15(24)13(5-12)16-4-1-11(6-25-16)8-27-17-10-33-9-14(17)20(30)19(22(27)32)21(31)26-7-18(28)29/h1-6,30H,7-10H2,(H,26,31)(H,28,29). The molecule has 0 radical (unpaired) electrons. The Morgan fingerprint density at radius 2 is 1.97 bits per heavy atom. The van der Waals surface area contributed by atoms with E-state index in [1.165, 1.54) is 16.8 Å². The van der Waals surface area contributed by atoms with Gasteiger partial charge < -0.3 is 24.8 Å². The van der Waals surface area contributed by atoms with Crippen LogP contribution in [0.4, 0.5) is 8.78 Å². The van der Waals surface area contributed by atoms with Gasteiger partial charge in [-0.2, -0.15) is 0 Å². The minimum atomic E-state index is -1.31. The number of aromatic hydroxyl groups is 1. The maximum atomic E-state index is 14.0. The van der Waals surface area contributed by atoms with E-state index in [4.69, 9.17) is 9.84 Å². The summed E-state index contributed by atoms with van der Waals surface area (Å²) >= 11 is 0.